The van der Waals surface area contributed by atoms with Gasteiger partial charge in [0.25, 0.3) is 0 Å². The number of benzene rings is 1. The summed E-state index contributed by atoms with van der Waals surface area (Å²) >= 11 is 0. The van der Waals surface area contributed by atoms with Gasteiger partial charge in [-0.25, -0.2) is 4.79 Å². The number of carbonyl (C=O) groups is 1. The molecule has 1 unspecified atom stereocenters. The highest BCUT2D eigenvalue weighted by molar-refractivity contribution is 5.74. The molecule has 0 radical (unpaired) electrons. The van der Waals surface area contributed by atoms with Gasteiger partial charge in [-0.1, -0.05) is 18.2 Å². The average Bonchev–Trinajstić information content (AvgIpc) is 2.54. The first-order valence-electron chi connectivity index (χ1n) is 8.06. The van der Waals surface area contributed by atoms with Crippen molar-refractivity contribution in [1.82, 2.24) is 10.2 Å². The van der Waals surface area contributed by atoms with E-state index in [0.29, 0.717) is 19.6 Å². The Kier molecular flexibility index (Phi) is 6.52. The van der Waals surface area contributed by atoms with Gasteiger partial charge in [0.15, 0.2) is 0 Å². The molecule has 2 amide bonds. The molecule has 1 saturated heterocycles. The number of likely N-dealkylation sites (tertiary alicyclic amines) is 1. The average molecular weight is 306 g/mol. The lowest BCUT2D eigenvalue weighted by atomic mass is 10.0. The second-order valence-corrected chi connectivity index (χ2v) is 5.70. The minimum Gasteiger partial charge on any atom is -0.491 e. The second kappa shape index (κ2) is 8.63. The van der Waals surface area contributed by atoms with Crippen molar-refractivity contribution in [3.8, 4) is 5.75 Å². The van der Waals surface area contributed by atoms with Gasteiger partial charge in [0.05, 0.1) is 6.54 Å². The Hall–Kier alpha value is -1.75. The molecule has 1 heterocycles. The first-order valence-corrected chi connectivity index (χ1v) is 8.06. The first kappa shape index (κ1) is 16.6. The van der Waals surface area contributed by atoms with Crippen molar-refractivity contribution < 1.29 is 14.6 Å². The molecule has 0 bridgehead atoms. The standard InChI is InChI=1S/C17H26N2O3/c1-14-6-2-3-8-16(14)22-13-10-18-17(21)19-11-5-4-7-15(19)9-12-20/h2-3,6,8,15,20H,4-5,7,9-13H2,1H3,(H,18,21). The molecule has 0 aliphatic carbocycles. The molecular formula is C17H26N2O3. The van der Waals surface area contributed by atoms with E-state index in [1.165, 1.54) is 0 Å². The fourth-order valence-corrected chi connectivity index (χ4v) is 2.86. The number of urea groups is 1. The normalized spacial score (nSPS) is 18.1. The maximum Gasteiger partial charge on any atom is 0.317 e. The summed E-state index contributed by atoms with van der Waals surface area (Å²) in [5, 5.41) is 12.0. The highest BCUT2D eigenvalue weighted by Crippen LogP contribution is 2.19. The van der Waals surface area contributed by atoms with Crippen LogP contribution in [0.3, 0.4) is 0 Å². The van der Waals surface area contributed by atoms with Gasteiger partial charge < -0.3 is 20.1 Å². The number of nitrogens with one attached hydrogen (secondary N) is 1. The number of nitrogens with zero attached hydrogens (tertiary/aromatic N) is 1. The van der Waals surface area contributed by atoms with E-state index < -0.39 is 0 Å². The molecule has 1 aliphatic heterocycles. The number of hydrogen-bond donors (Lipinski definition) is 2. The lowest BCUT2D eigenvalue weighted by molar-refractivity contribution is 0.131. The van der Waals surface area contributed by atoms with Crippen molar-refractivity contribution in [3.05, 3.63) is 29.8 Å². The Morgan fingerprint density at radius 2 is 2.23 bits per heavy atom. The summed E-state index contributed by atoms with van der Waals surface area (Å²) in [6.45, 7) is 3.84. The van der Waals surface area contributed by atoms with Crippen molar-refractivity contribution in [2.45, 2.75) is 38.6 Å². The van der Waals surface area contributed by atoms with Crippen molar-refractivity contribution in [3.63, 3.8) is 0 Å². The first-order chi connectivity index (χ1) is 10.7. The number of amides is 2. The lowest BCUT2D eigenvalue weighted by Gasteiger charge is -2.35. The quantitative estimate of drug-likeness (QED) is 0.793. The highest BCUT2D eigenvalue weighted by atomic mass is 16.5. The Morgan fingerprint density at radius 1 is 1.41 bits per heavy atom. The van der Waals surface area contributed by atoms with E-state index in [-0.39, 0.29) is 18.7 Å². The zero-order valence-corrected chi connectivity index (χ0v) is 13.3. The van der Waals surface area contributed by atoms with Crippen LogP contribution in [0.15, 0.2) is 24.3 Å². The molecule has 2 N–H and O–H groups in total. The van der Waals surface area contributed by atoms with Crippen molar-refractivity contribution in [2.24, 2.45) is 0 Å². The topological polar surface area (TPSA) is 61.8 Å². The summed E-state index contributed by atoms with van der Waals surface area (Å²) in [6.07, 6.45) is 3.81. The molecule has 5 heteroatoms. The van der Waals surface area contributed by atoms with Crippen molar-refractivity contribution in [1.29, 1.82) is 0 Å². The van der Waals surface area contributed by atoms with Gasteiger partial charge in [-0.15, -0.1) is 0 Å². The van der Waals surface area contributed by atoms with Crippen LogP contribution in [0.2, 0.25) is 0 Å². The van der Waals surface area contributed by atoms with Crippen LogP contribution < -0.4 is 10.1 Å². The Bertz CT molecular complexity index is 477. The van der Waals surface area contributed by atoms with Crippen LogP contribution in [0.1, 0.15) is 31.2 Å². The van der Waals surface area contributed by atoms with Gasteiger partial charge in [0, 0.05) is 19.2 Å². The number of carbonyl (C=O) groups excluding carboxylic acids is 1. The summed E-state index contributed by atoms with van der Waals surface area (Å²) in [4.78, 5) is 14.1. The Morgan fingerprint density at radius 3 is 3.00 bits per heavy atom. The number of piperidine rings is 1. The number of aliphatic hydroxyl groups is 1. The number of hydrogen-bond acceptors (Lipinski definition) is 3. The van der Waals surface area contributed by atoms with Crippen LogP contribution in [0.4, 0.5) is 4.79 Å². The van der Waals surface area contributed by atoms with Crippen molar-refractivity contribution in [2.75, 3.05) is 26.3 Å². The van der Waals surface area contributed by atoms with Gasteiger partial charge in [-0.3, -0.25) is 0 Å². The molecule has 0 spiro atoms. The van der Waals surface area contributed by atoms with Gasteiger partial charge in [-0.05, 0) is 44.2 Å². The SMILES string of the molecule is Cc1ccccc1OCCNC(=O)N1CCCCC1CCO. The van der Waals surface area contributed by atoms with E-state index in [0.717, 1.165) is 37.1 Å². The third kappa shape index (κ3) is 4.63. The molecular weight excluding hydrogens is 280 g/mol. The number of aryl methyl sites for hydroxylation is 1. The Balaban J connectivity index is 1.74. The predicted octanol–water partition coefficient (Wildman–Crippen LogP) is 2.32. The minimum absolute atomic E-state index is 0.0495. The largest absolute Gasteiger partial charge is 0.491 e. The van der Waals surface area contributed by atoms with E-state index >= 15 is 0 Å². The summed E-state index contributed by atoms with van der Waals surface area (Å²) < 4.78 is 5.68. The van der Waals surface area contributed by atoms with E-state index in [9.17, 15) is 4.79 Å². The molecule has 1 aliphatic rings. The smallest absolute Gasteiger partial charge is 0.317 e. The molecule has 0 aromatic heterocycles. The second-order valence-electron chi connectivity index (χ2n) is 5.70. The van der Waals surface area contributed by atoms with Gasteiger partial charge in [0.2, 0.25) is 0 Å². The van der Waals surface area contributed by atoms with E-state index in [2.05, 4.69) is 5.32 Å². The number of ether oxygens (including phenoxy) is 1. The summed E-state index contributed by atoms with van der Waals surface area (Å²) in [6, 6.07) is 7.96. The minimum atomic E-state index is -0.0495. The van der Waals surface area contributed by atoms with E-state index in [4.69, 9.17) is 9.84 Å². The van der Waals surface area contributed by atoms with Crippen LogP contribution >= 0.6 is 0 Å². The van der Waals surface area contributed by atoms with Crippen LogP contribution in [-0.4, -0.2) is 48.4 Å². The molecule has 1 aromatic rings. The molecule has 1 fully saturated rings. The molecule has 5 nitrogen and oxygen atoms in total. The third-order valence-corrected chi connectivity index (χ3v) is 4.08. The van der Waals surface area contributed by atoms with Gasteiger partial charge >= 0.3 is 6.03 Å². The maximum absolute atomic E-state index is 12.2. The van der Waals surface area contributed by atoms with Gasteiger partial charge in [0.1, 0.15) is 12.4 Å². The molecule has 1 aromatic carbocycles. The molecule has 122 valence electrons. The molecule has 22 heavy (non-hydrogen) atoms. The number of rotatable bonds is 6. The van der Waals surface area contributed by atoms with E-state index in [1.54, 1.807) is 0 Å². The van der Waals surface area contributed by atoms with Crippen LogP contribution in [0, 0.1) is 6.92 Å². The highest BCUT2D eigenvalue weighted by Gasteiger charge is 2.25. The third-order valence-electron chi connectivity index (χ3n) is 4.08. The lowest BCUT2D eigenvalue weighted by Crippen LogP contribution is -2.49. The van der Waals surface area contributed by atoms with Gasteiger partial charge in [-0.2, -0.15) is 0 Å². The van der Waals surface area contributed by atoms with E-state index in [1.807, 2.05) is 36.1 Å². The fourth-order valence-electron chi connectivity index (χ4n) is 2.86. The molecule has 2 rings (SSSR count). The predicted molar refractivity (Wildman–Crippen MR) is 86.1 cm³/mol. The number of aliphatic hydroxyl groups excluding tert-OH is 1. The summed E-state index contributed by atoms with van der Waals surface area (Å²) in [5.74, 6) is 0.855. The Labute approximate surface area is 132 Å². The zero-order valence-electron chi connectivity index (χ0n) is 13.3. The summed E-state index contributed by atoms with van der Waals surface area (Å²) in [5.41, 5.74) is 1.09. The van der Waals surface area contributed by atoms with Crippen LogP contribution in [-0.2, 0) is 0 Å². The molecule has 0 saturated carbocycles. The van der Waals surface area contributed by atoms with Crippen LogP contribution in [0.5, 0.6) is 5.75 Å². The van der Waals surface area contributed by atoms with Crippen molar-refractivity contribution >= 4 is 6.03 Å². The number of para-hydroxylation sites is 1. The zero-order chi connectivity index (χ0) is 15.8. The monoisotopic (exact) mass is 306 g/mol. The fraction of sp³-hybridized carbons (Fsp3) is 0.588. The summed E-state index contributed by atoms with van der Waals surface area (Å²) in [7, 11) is 0. The van der Waals surface area contributed by atoms with Crippen LogP contribution in [0.25, 0.3) is 0 Å². The maximum atomic E-state index is 12.2. The molecule has 1 atom stereocenters.